The average Bonchev–Trinajstić information content (AvgIpc) is 2.82. The molecule has 0 fully saturated rings. The van der Waals surface area contributed by atoms with Gasteiger partial charge in [0.25, 0.3) is 5.91 Å². The summed E-state index contributed by atoms with van der Waals surface area (Å²) in [6, 6.07) is 8.21. The maximum absolute atomic E-state index is 14.6. The minimum absolute atomic E-state index is 0.0933. The van der Waals surface area contributed by atoms with Crippen LogP contribution >= 0.6 is 0 Å². The Morgan fingerprint density at radius 3 is 2.50 bits per heavy atom. The third-order valence-corrected chi connectivity index (χ3v) is 5.77. The Labute approximate surface area is 202 Å². The van der Waals surface area contributed by atoms with Crippen LogP contribution in [0.5, 0.6) is 0 Å². The molecule has 0 bridgehead atoms. The average molecular weight is 501 g/mol. The molecule has 1 aromatic carbocycles. The van der Waals surface area contributed by atoms with Gasteiger partial charge in [0.2, 0.25) is 0 Å². The second-order valence-corrected chi connectivity index (χ2v) is 8.23. The lowest BCUT2D eigenvalue weighted by atomic mass is 10.1. The van der Waals surface area contributed by atoms with E-state index in [9.17, 15) is 26.7 Å². The molecule has 3 aromatic heterocycles. The van der Waals surface area contributed by atoms with Gasteiger partial charge in [0, 0.05) is 23.3 Å². The Kier molecular flexibility index (Phi) is 6.57. The van der Waals surface area contributed by atoms with Gasteiger partial charge >= 0.3 is 6.18 Å². The van der Waals surface area contributed by atoms with E-state index in [1.165, 1.54) is 25.3 Å². The molecule has 3 heterocycles. The molecule has 4 rings (SSSR count). The SMILES string of the molecule is Cc1cc2cc(C(=O)N(Cc3ncc(C(F)(F)F)cc3F)[C@H](C)c3ncccc3F)ccc2nc1N. The first kappa shape index (κ1) is 25.0. The van der Waals surface area contributed by atoms with Crippen LogP contribution in [-0.2, 0) is 12.7 Å². The summed E-state index contributed by atoms with van der Waals surface area (Å²) in [6.07, 6.45) is -2.96. The number of nitrogens with zero attached hydrogens (tertiary/aromatic N) is 4. The molecule has 1 atom stereocenters. The van der Waals surface area contributed by atoms with Crippen molar-refractivity contribution in [1.29, 1.82) is 0 Å². The van der Waals surface area contributed by atoms with Crippen molar-refractivity contribution in [3.8, 4) is 0 Å². The molecule has 11 heteroatoms. The zero-order chi connectivity index (χ0) is 26.2. The molecule has 1 amide bonds. The maximum atomic E-state index is 14.6. The third kappa shape index (κ3) is 4.95. The normalized spacial score (nSPS) is 12.5. The van der Waals surface area contributed by atoms with Crippen molar-refractivity contribution in [1.82, 2.24) is 19.9 Å². The van der Waals surface area contributed by atoms with E-state index in [0.29, 0.717) is 34.5 Å². The Morgan fingerprint density at radius 2 is 1.83 bits per heavy atom. The number of nitrogens with two attached hydrogens (primary N) is 1. The molecule has 0 spiro atoms. The van der Waals surface area contributed by atoms with E-state index in [1.54, 1.807) is 25.1 Å². The van der Waals surface area contributed by atoms with Gasteiger partial charge < -0.3 is 10.6 Å². The number of carbonyl (C=O) groups excluding carboxylic acids is 1. The highest BCUT2D eigenvalue weighted by Gasteiger charge is 2.33. The Morgan fingerprint density at radius 1 is 1.08 bits per heavy atom. The smallest absolute Gasteiger partial charge is 0.383 e. The number of aromatic nitrogens is 3. The topological polar surface area (TPSA) is 85.0 Å². The van der Waals surface area contributed by atoms with Crippen molar-refractivity contribution in [2.24, 2.45) is 0 Å². The van der Waals surface area contributed by atoms with Crippen LogP contribution in [0.15, 0.2) is 54.9 Å². The zero-order valence-corrected chi connectivity index (χ0v) is 19.1. The molecule has 6 nitrogen and oxygen atoms in total. The van der Waals surface area contributed by atoms with Crippen LogP contribution in [0.2, 0.25) is 0 Å². The molecule has 2 N–H and O–H groups in total. The van der Waals surface area contributed by atoms with Gasteiger partial charge in [-0.2, -0.15) is 13.2 Å². The fraction of sp³-hybridized carbons (Fsp3) is 0.200. The van der Waals surface area contributed by atoms with Gasteiger partial charge in [-0.3, -0.25) is 14.8 Å². The van der Waals surface area contributed by atoms with Crippen molar-refractivity contribution in [2.75, 3.05) is 5.73 Å². The maximum Gasteiger partial charge on any atom is 0.417 e. The van der Waals surface area contributed by atoms with E-state index in [-0.39, 0.29) is 11.3 Å². The van der Waals surface area contributed by atoms with Crippen LogP contribution < -0.4 is 5.73 Å². The first-order chi connectivity index (χ1) is 17.0. The fourth-order valence-corrected chi connectivity index (χ4v) is 3.73. The summed E-state index contributed by atoms with van der Waals surface area (Å²) in [7, 11) is 0. The van der Waals surface area contributed by atoms with E-state index in [2.05, 4.69) is 15.0 Å². The number of alkyl halides is 3. The standard InChI is InChI=1S/C25H20F5N5O/c1-13-8-16-9-15(5-6-20(16)34-23(13)31)24(36)35(14(2)22-18(26)4-3-7-32-22)12-21-19(27)10-17(11-33-21)25(28,29)30/h3-11,14H,12H2,1-2H3,(H2,31,34)/t14-/m1/s1. The molecule has 0 unspecified atom stereocenters. The van der Waals surface area contributed by atoms with Gasteiger partial charge in [-0.15, -0.1) is 0 Å². The quantitative estimate of drug-likeness (QED) is 0.359. The number of hydrogen-bond acceptors (Lipinski definition) is 5. The van der Waals surface area contributed by atoms with E-state index < -0.39 is 47.6 Å². The number of pyridine rings is 3. The molecular formula is C25H20F5N5O. The van der Waals surface area contributed by atoms with E-state index >= 15 is 0 Å². The number of nitrogen functional groups attached to an aromatic ring is 1. The van der Waals surface area contributed by atoms with Gasteiger partial charge in [0.1, 0.15) is 17.5 Å². The van der Waals surface area contributed by atoms with Crippen LogP contribution in [0.25, 0.3) is 10.9 Å². The van der Waals surface area contributed by atoms with E-state index in [4.69, 9.17) is 5.73 Å². The van der Waals surface area contributed by atoms with E-state index in [0.717, 1.165) is 11.0 Å². The molecule has 0 radical (unpaired) electrons. The van der Waals surface area contributed by atoms with Crippen molar-refractivity contribution in [3.05, 3.63) is 94.6 Å². The Hall–Kier alpha value is -4.15. The Balaban J connectivity index is 1.77. The number of benzene rings is 1. The zero-order valence-electron chi connectivity index (χ0n) is 19.1. The van der Waals surface area contributed by atoms with Crippen molar-refractivity contribution in [3.63, 3.8) is 0 Å². The number of fused-ring (bicyclic) bond motifs is 1. The number of aryl methyl sites for hydroxylation is 1. The van der Waals surface area contributed by atoms with Crippen LogP contribution in [0.1, 0.15) is 45.8 Å². The van der Waals surface area contributed by atoms with E-state index in [1.807, 2.05) is 0 Å². The predicted molar refractivity (Wildman–Crippen MR) is 123 cm³/mol. The second kappa shape index (κ2) is 9.48. The summed E-state index contributed by atoms with van der Waals surface area (Å²) < 4.78 is 68.0. The van der Waals surface area contributed by atoms with Crippen molar-refractivity contribution < 1.29 is 26.7 Å². The number of amides is 1. The lowest BCUT2D eigenvalue weighted by Gasteiger charge is -2.29. The summed E-state index contributed by atoms with van der Waals surface area (Å²) in [4.78, 5) is 26.6. The molecule has 186 valence electrons. The molecule has 0 aliphatic carbocycles. The molecule has 0 aliphatic rings. The lowest BCUT2D eigenvalue weighted by Crippen LogP contribution is -2.34. The highest BCUT2D eigenvalue weighted by molar-refractivity contribution is 5.98. The molecule has 4 aromatic rings. The summed E-state index contributed by atoms with van der Waals surface area (Å²) in [5, 5.41) is 0.614. The minimum atomic E-state index is -4.78. The summed E-state index contributed by atoms with van der Waals surface area (Å²) in [6.45, 7) is 2.71. The van der Waals surface area contributed by atoms with Gasteiger partial charge in [0.15, 0.2) is 0 Å². The van der Waals surface area contributed by atoms with Crippen molar-refractivity contribution in [2.45, 2.75) is 32.6 Å². The van der Waals surface area contributed by atoms with Gasteiger partial charge in [0.05, 0.1) is 35.1 Å². The molecular weight excluding hydrogens is 481 g/mol. The fourth-order valence-electron chi connectivity index (χ4n) is 3.73. The highest BCUT2D eigenvalue weighted by Crippen LogP contribution is 2.31. The number of rotatable bonds is 5. The highest BCUT2D eigenvalue weighted by atomic mass is 19.4. The van der Waals surface area contributed by atoms with Gasteiger partial charge in [-0.05, 0) is 61.9 Å². The number of carbonyl (C=O) groups is 1. The van der Waals surface area contributed by atoms with Crippen LogP contribution in [-0.4, -0.2) is 25.8 Å². The molecule has 0 aliphatic heterocycles. The predicted octanol–water partition coefficient (Wildman–Crippen LogP) is 5.62. The first-order valence-electron chi connectivity index (χ1n) is 10.8. The number of halogens is 5. The van der Waals surface area contributed by atoms with Crippen LogP contribution in [0, 0.1) is 18.6 Å². The Bertz CT molecular complexity index is 1460. The second-order valence-electron chi connectivity index (χ2n) is 8.23. The first-order valence-corrected chi connectivity index (χ1v) is 10.8. The molecule has 0 saturated carbocycles. The van der Waals surface area contributed by atoms with Crippen LogP contribution in [0.4, 0.5) is 27.8 Å². The molecule has 0 saturated heterocycles. The largest absolute Gasteiger partial charge is 0.417 e. The summed E-state index contributed by atoms with van der Waals surface area (Å²) in [5.41, 5.74) is 5.49. The van der Waals surface area contributed by atoms with Gasteiger partial charge in [-0.1, -0.05) is 0 Å². The van der Waals surface area contributed by atoms with Crippen LogP contribution in [0.3, 0.4) is 0 Å². The lowest BCUT2D eigenvalue weighted by molar-refractivity contribution is -0.138. The monoisotopic (exact) mass is 501 g/mol. The summed E-state index contributed by atoms with van der Waals surface area (Å²) in [5.74, 6) is -2.24. The summed E-state index contributed by atoms with van der Waals surface area (Å²) >= 11 is 0. The van der Waals surface area contributed by atoms with Crippen molar-refractivity contribution >= 4 is 22.6 Å². The number of anilines is 1. The molecule has 36 heavy (non-hydrogen) atoms. The number of hydrogen-bond donors (Lipinski definition) is 1. The van der Waals surface area contributed by atoms with Gasteiger partial charge in [-0.25, -0.2) is 13.8 Å². The minimum Gasteiger partial charge on any atom is -0.383 e. The third-order valence-electron chi connectivity index (χ3n) is 5.77.